The van der Waals surface area contributed by atoms with Crippen molar-refractivity contribution in [1.82, 2.24) is 5.32 Å². The lowest BCUT2D eigenvalue weighted by Gasteiger charge is -2.28. The Morgan fingerprint density at radius 2 is 1.88 bits per heavy atom. The van der Waals surface area contributed by atoms with Crippen LogP contribution in [0, 0.1) is 5.41 Å². The Morgan fingerprint density at radius 1 is 1.29 bits per heavy atom. The second kappa shape index (κ2) is 5.67. The average Bonchev–Trinajstić information content (AvgIpc) is 2.20. The van der Waals surface area contributed by atoms with E-state index in [0.717, 1.165) is 31.3 Å². The van der Waals surface area contributed by atoms with Crippen LogP contribution in [0.15, 0.2) is 11.6 Å². The van der Waals surface area contributed by atoms with Gasteiger partial charge in [-0.3, -0.25) is 4.79 Å². The zero-order chi connectivity index (χ0) is 13.1. The van der Waals surface area contributed by atoms with E-state index < -0.39 is 0 Å². The minimum atomic E-state index is -0.379. The molecular formula is C14H25NO2. The first-order valence-electron chi connectivity index (χ1n) is 6.48. The standard InChI is InChI=1S/C14H25NO2/c1-10(14(2,3)4)9-13(17)15-11-7-5-6-8-12(11)16/h9,11-12,16H,5-8H2,1-4H3,(H,15,17). The Bertz CT molecular complexity index is 302. The Balaban J connectivity index is 2.54. The maximum Gasteiger partial charge on any atom is 0.244 e. The van der Waals surface area contributed by atoms with Crippen LogP contribution in [0.3, 0.4) is 0 Å². The van der Waals surface area contributed by atoms with E-state index in [1.807, 2.05) is 6.92 Å². The maximum atomic E-state index is 11.8. The first kappa shape index (κ1) is 14.2. The average molecular weight is 239 g/mol. The zero-order valence-corrected chi connectivity index (χ0v) is 11.4. The summed E-state index contributed by atoms with van der Waals surface area (Å²) in [5, 5.41) is 12.7. The topological polar surface area (TPSA) is 49.3 Å². The Labute approximate surface area is 104 Å². The maximum absolute atomic E-state index is 11.8. The number of hydrogen-bond donors (Lipinski definition) is 2. The molecule has 2 N–H and O–H groups in total. The fourth-order valence-corrected chi connectivity index (χ4v) is 1.92. The largest absolute Gasteiger partial charge is 0.391 e. The van der Waals surface area contributed by atoms with Crippen LogP contribution in [-0.4, -0.2) is 23.2 Å². The number of rotatable bonds is 2. The highest BCUT2D eigenvalue weighted by molar-refractivity contribution is 5.88. The molecular weight excluding hydrogens is 214 g/mol. The molecule has 2 atom stereocenters. The normalized spacial score (nSPS) is 26.8. The predicted molar refractivity (Wildman–Crippen MR) is 69.6 cm³/mol. The number of aliphatic hydroxyl groups is 1. The fourth-order valence-electron chi connectivity index (χ4n) is 1.92. The number of carbonyl (C=O) groups excluding carboxylic acids is 1. The third-order valence-electron chi connectivity index (χ3n) is 3.59. The van der Waals surface area contributed by atoms with E-state index in [2.05, 4.69) is 26.1 Å². The van der Waals surface area contributed by atoms with Gasteiger partial charge in [0.05, 0.1) is 12.1 Å². The van der Waals surface area contributed by atoms with Gasteiger partial charge in [0, 0.05) is 6.08 Å². The second-order valence-electron chi connectivity index (χ2n) is 6.04. The molecule has 98 valence electrons. The van der Waals surface area contributed by atoms with Crippen molar-refractivity contribution in [3.63, 3.8) is 0 Å². The molecule has 17 heavy (non-hydrogen) atoms. The van der Waals surface area contributed by atoms with Crippen LogP contribution in [0.2, 0.25) is 0 Å². The van der Waals surface area contributed by atoms with E-state index in [4.69, 9.17) is 0 Å². The van der Waals surface area contributed by atoms with Crippen molar-refractivity contribution in [2.75, 3.05) is 0 Å². The van der Waals surface area contributed by atoms with Gasteiger partial charge in [-0.2, -0.15) is 0 Å². The molecule has 3 nitrogen and oxygen atoms in total. The van der Waals surface area contributed by atoms with Crippen LogP contribution < -0.4 is 5.32 Å². The lowest BCUT2D eigenvalue weighted by Crippen LogP contribution is -2.44. The first-order chi connectivity index (χ1) is 7.80. The number of hydrogen-bond acceptors (Lipinski definition) is 2. The SMILES string of the molecule is CC(=CC(=O)NC1CCCCC1O)C(C)(C)C. The summed E-state index contributed by atoms with van der Waals surface area (Å²) >= 11 is 0. The van der Waals surface area contributed by atoms with Gasteiger partial charge in [-0.1, -0.05) is 39.2 Å². The molecule has 0 aromatic heterocycles. The van der Waals surface area contributed by atoms with Gasteiger partial charge in [-0.05, 0) is 25.2 Å². The molecule has 0 aromatic carbocycles. The molecule has 0 aliphatic heterocycles. The van der Waals surface area contributed by atoms with Crippen LogP contribution in [-0.2, 0) is 4.79 Å². The third-order valence-corrected chi connectivity index (χ3v) is 3.59. The van der Waals surface area contributed by atoms with Gasteiger partial charge in [0.1, 0.15) is 0 Å². The van der Waals surface area contributed by atoms with Crippen LogP contribution in [0.5, 0.6) is 0 Å². The lowest BCUT2D eigenvalue weighted by atomic mass is 9.87. The van der Waals surface area contributed by atoms with E-state index in [0.29, 0.717) is 0 Å². The molecule has 2 unspecified atom stereocenters. The third kappa shape index (κ3) is 4.50. The van der Waals surface area contributed by atoms with E-state index in [1.165, 1.54) is 0 Å². The number of amides is 1. The molecule has 0 spiro atoms. The number of nitrogens with one attached hydrogen (secondary N) is 1. The Morgan fingerprint density at radius 3 is 2.41 bits per heavy atom. The summed E-state index contributed by atoms with van der Waals surface area (Å²) in [7, 11) is 0. The highest BCUT2D eigenvalue weighted by atomic mass is 16.3. The van der Waals surface area contributed by atoms with Crippen molar-refractivity contribution in [3.8, 4) is 0 Å². The number of carbonyl (C=O) groups is 1. The van der Waals surface area contributed by atoms with Crippen molar-refractivity contribution in [1.29, 1.82) is 0 Å². The molecule has 0 heterocycles. The molecule has 1 saturated carbocycles. The van der Waals surface area contributed by atoms with E-state index in [1.54, 1.807) is 6.08 Å². The highest BCUT2D eigenvalue weighted by Gasteiger charge is 2.24. The summed E-state index contributed by atoms with van der Waals surface area (Å²) in [5.41, 5.74) is 1.07. The summed E-state index contributed by atoms with van der Waals surface area (Å²) in [6.45, 7) is 8.22. The quantitative estimate of drug-likeness (QED) is 0.727. The molecule has 0 bridgehead atoms. The van der Waals surface area contributed by atoms with Gasteiger partial charge < -0.3 is 10.4 Å². The Hall–Kier alpha value is -0.830. The minimum Gasteiger partial charge on any atom is -0.391 e. The van der Waals surface area contributed by atoms with Crippen molar-refractivity contribution < 1.29 is 9.90 Å². The second-order valence-corrected chi connectivity index (χ2v) is 6.04. The monoisotopic (exact) mass is 239 g/mol. The van der Waals surface area contributed by atoms with Gasteiger partial charge in [-0.15, -0.1) is 0 Å². The van der Waals surface area contributed by atoms with E-state index in [-0.39, 0.29) is 23.5 Å². The molecule has 1 fully saturated rings. The van der Waals surface area contributed by atoms with Crippen molar-refractivity contribution in [2.45, 2.75) is 65.5 Å². The van der Waals surface area contributed by atoms with Crippen molar-refractivity contribution in [2.24, 2.45) is 5.41 Å². The Kier molecular flexibility index (Phi) is 4.75. The predicted octanol–water partition coefficient (Wildman–Crippen LogP) is 2.40. The number of allylic oxidation sites excluding steroid dienone is 1. The lowest BCUT2D eigenvalue weighted by molar-refractivity contribution is -0.118. The molecule has 0 saturated heterocycles. The summed E-state index contributed by atoms with van der Waals surface area (Å²) < 4.78 is 0. The smallest absolute Gasteiger partial charge is 0.244 e. The first-order valence-corrected chi connectivity index (χ1v) is 6.48. The molecule has 0 aromatic rings. The summed E-state index contributed by atoms with van der Waals surface area (Å²) in [5.74, 6) is -0.0802. The molecule has 1 amide bonds. The van der Waals surface area contributed by atoms with E-state index in [9.17, 15) is 9.90 Å². The number of aliphatic hydroxyl groups excluding tert-OH is 1. The summed E-state index contributed by atoms with van der Waals surface area (Å²) in [4.78, 5) is 11.8. The van der Waals surface area contributed by atoms with Gasteiger partial charge in [-0.25, -0.2) is 0 Å². The molecule has 3 heteroatoms. The van der Waals surface area contributed by atoms with Crippen molar-refractivity contribution in [3.05, 3.63) is 11.6 Å². The van der Waals surface area contributed by atoms with Gasteiger partial charge in [0.2, 0.25) is 5.91 Å². The highest BCUT2D eigenvalue weighted by Crippen LogP contribution is 2.24. The van der Waals surface area contributed by atoms with E-state index >= 15 is 0 Å². The zero-order valence-electron chi connectivity index (χ0n) is 11.4. The van der Waals surface area contributed by atoms with Gasteiger partial charge in [0.25, 0.3) is 0 Å². The molecule has 1 aliphatic carbocycles. The van der Waals surface area contributed by atoms with Crippen LogP contribution in [0.1, 0.15) is 53.4 Å². The van der Waals surface area contributed by atoms with Crippen molar-refractivity contribution >= 4 is 5.91 Å². The van der Waals surface area contributed by atoms with Crippen LogP contribution in [0.4, 0.5) is 0 Å². The fraction of sp³-hybridized carbons (Fsp3) is 0.786. The minimum absolute atomic E-state index is 0.0164. The molecule has 0 radical (unpaired) electrons. The molecule has 1 rings (SSSR count). The van der Waals surface area contributed by atoms with Gasteiger partial charge in [0.15, 0.2) is 0 Å². The van der Waals surface area contributed by atoms with Crippen LogP contribution >= 0.6 is 0 Å². The van der Waals surface area contributed by atoms with Crippen LogP contribution in [0.25, 0.3) is 0 Å². The van der Waals surface area contributed by atoms with Gasteiger partial charge >= 0.3 is 0 Å². The summed E-state index contributed by atoms with van der Waals surface area (Å²) in [6, 6.07) is -0.0692. The molecule has 1 aliphatic rings. The summed E-state index contributed by atoms with van der Waals surface area (Å²) in [6.07, 6.45) is 5.11.